The van der Waals surface area contributed by atoms with Crippen molar-refractivity contribution in [2.45, 2.75) is 0 Å². The number of nitrogens with one attached hydrogen (secondary N) is 2. The molecule has 1 aliphatic heterocycles. The number of hydrogen-bond acceptors (Lipinski definition) is 5. The fourth-order valence-corrected chi connectivity index (χ4v) is 3.11. The standard InChI is InChI=1S/C11H17BrN4O2S/c12-10-1-2-11(14-9-10)15-19(17,18)8-7-16-5-3-13-4-6-16/h1-2,9,13H,3-8H2,(H,14,15). The first-order chi connectivity index (χ1) is 9.05. The molecule has 0 bridgehead atoms. The molecule has 106 valence electrons. The van der Waals surface area contributed by atoms with Gasteiger partial charge >= 0.3 is 0 Å². The Kier molecular flexibility index (Phi) is 5.14. The van der Waals surface area contributed by atoms with Crippen LogP contribution in [0, 0.1) is 0 Å². The molecule has 0 spiro atoms. The summed E-state index contributed by atoms with van der Waals surface area (Å²) in [6, 6.07) is 3.38. The van der Waals surface area contributed by atoms with Crippen molar-refractivity contribution in [3.8, 4) is 0 Å². The van der Waals surface area contributed by atoms with Gasteiger partial charge in [-0.15, -0.1) is 0 Å². The van der Waals surface area contributed by atoms with E-state index < -0.39 is 10.0 Å². The van der Waals surface area contributed by atoms with E-state index in [1.165, 1.54) is 0 Å². The molecule has 19 heavy (non-hydrogen) atoms. The second kappa shape index (κ2) is 6.65. The van der Waals surface area contributed by atoms with Crippen molar-refractivity contribution in [1.82, 2.24) is 15.2 Å². The SMILES string of the molecule is O=S(=O)(CCN1CCNCC1)Nc1ccc(Br)cn1. The second-order valence-corrected chi connectivity index (χ2v) is 7.13. The van der Waals surface area contributed by atoms with Crippen LogP contribution < -0.4 is 10.0 Å². The molecule has 2 N–H and O–H groups in total. The molecule has 6 nitrogen and oxygen atoms in total. The van der Waals surface area contributed by atoms with Gasteiger partial charge in [0.05, 0.1) is 5.75 Å². The van der Waals surface area contributed by atoms with Crippen molar-refractivity contribution in [2.75, 3.05) is 43.2 Å². The van der Waals surface area contributed by atoms with E-state index in [0.717, 1.165) is 30.7 Å². The Labute approximate surface area is 121 Å². The van der Waals surface area contributed by atoms with Gasteiger partial charge in [0, 0.05) is 43.4 Å². The zero-order chi connectivity index (χ0) is 13.7. The van der Waals surface area contributed by atoms with Crippen molar-refractivity contribution in [1.29, 1.82) is 0 Å². The van der Waals surface area contributed by atoms with Gasteiger partial charge in [0.1, 0.15) is 5.82 Å². The van der Waals surface area contributed by atoms with Crippen molar-refractivity contribution in [3.05, 3.63) is 22.8 Å². The lowest BCUT2D eigenvalue weighted by molar-refractivity contribution is 0.254. The first kappa shape index (κ1) is 14.7. The van der Waals surface area contributed by atoms with Crippen molar-refractivity contribution >= 4 is 31.8 Å². The summed E-state index contributed by atoms with van der Waals surface area (Å²) in [6.45, 7) is 4.18. The van der Waals surface area contributed by atoms with Crippen LogP contribution in [0.1, 0.15) is 0 Å². The monoisotopic (exact) mass is 348 g/mol. The molecule has 8 heteroatoms. The Bertz CT molecular complexity index is 500. The van der Waals surface area contributed by atoms with E-state index in [4.69, 9.17) is 0 Å². The average molecular weight is 349 g/mol. The predicted molar refractivity (Wildman–Crippen MR) is 78.7 cm³/mol. The van der Waals surface area contributed by atoms with Crippen LogP contribution in [0.5, 0.6) is 0 Å². The zero-order valence-electron chi connectivity index (χ0n) is 10.5. The maximum Gasteiger partial charge on any atom is 0.235 e. The number of hydrogen-bond donors (Lipinski definition) is 2. The molecule has 0 saturated carbocycles. The summed E-state index contributed by atoms with van der Waals surface area (Å²) in [4.78, 5) is 6.14. The van der Waals surface area contributed by atoms with Crippen LogP contribution >= 0.6 is 15.9 Å². The molecule has 2 rings (SSSR count). The number of piperazine rings is 1. The predicted octanol–water partition coefficient (Wildman–Crippen LogP) is 0.491. The largest absolute Gasteiger partial charge is 0.314 e. The fraction of sp³-hybridized carbons (Fsp3) is 0.545. The molecule has 1 saturated heterocycles. The minimum atomic E-state index is -3.34. The molecule has 0 amide bonds. The van der Waals surface area contributed by atoms with Gasteiger partial charge in [-0.1, -0.05) is 0 Å². The van der Waals surface area contributed by atoms with Crippen molar-refractivity contribution < 1.29 is 8.42 Å². The summed E-state index contributed by atoms with van der Waals surface area (Å²) >= 11 is 3.26. The molecule has 0 aromatic carbocycles. The van der Waals surface area contributed by atoms with Gasteiger partial charge in [-0.3, -0.25) is 9.62 Å². The Balaban J connectivity index is 1.85. The average Bonchev–Trinajstić information content (AvgIpc) is 2.40. The van der Waals surface area contributed by atoms with E-state index in [-0.39, 0.29) is 5.75 Å². The lowest BCUT2D eigenvalue weighted by Crippen LogP contribution is -2.45. The van der Waals surface area contributed by atoms with Gasteiger partial charge in [-0.05, 0) is 28.1 Å². The summed E-state index contributed by atoms with van der Waals surface area (Å²) in [6.07, 6.45) is 1.56. The first-order valence-electron chi connectivity index (χ1n) is 6.10. The number of pyridine rings is 1. The summed E-state index contributed by atoms with van der Waals surface area (Å²) in [7, 11) is -3.34. The quantitative estimate of drug-likeness (QED) is 0.810. The van der Waals surface area contributed by atoms with Gasteiger partial charge in [-0.2, -0.15) is 0 Å². The molecular weight excluding hydrogens is 332 g/mol. The number of anilines is 1. The van der Waals surface area contributed by atoms with Crippen molar-refractivity contribution in [2.24, 2.45) is 0 Å². The van der Waals surface area contributed by atoms with Gasteiger partial charge in [-0.25, -0.2) is 13.4 Å². The molecule has 0 aliphatic carbocycles. The third-order valence-corrected chi connectivity index (χ3v) is 4.58. The van der Waals surface area contributed by atoms with E-state index in [1.807, 2.05) is 0 Å². The lowest BCUT2D eigenvalue weighted by Gasteiger charge is -2.26. The van der Waals surface area contributed by atoms with Crippen LogP contribution in [-0.2, 0) is 10.0 Å². The summed E-state index contributed by atoms with van der Waals surface area (Å²) in [5, 5.41) is 3.24. The van der Waals surface area contributed by atoms with E-state index in [0.29, 0.717) is 12.4 Å². The van der Waals surface area contributed by atoms with Crippen LogP contribution in [0.15, 0.2) is 22.8 Å². The molecule has 1 aromatic rings. The number of sulfonamides is 1. The molecule has 0 radical (unpaired) electrons. The summed E-state index contributed by atoms with van der Waals surface area (Å²) < 4.78 is 27.1. The third-order valence-electron chi connectivity index (χ3n) is 2.87. The van der Waals surface area contributed by atoms with Crippen LogP contribution in [-0.4, -0.2) is 56.8 Å². The molecule has 0 atom stereocenters. The fourth-order valence-electron chi connectivity index (χ4n) is 1.83. The number of rotatable bonds is 5. The van der Waals surface area contributed by atoms with Crippen LogP contribution in [0.3, 0.4) is 0 Å². The summed E-state index contributed by atoms with van der Waals surface area (Å²) in [5.74, 6) is 0.439. The highest BCUT2D eigenvalue weighted by atomic mass is 79.9. The van der Waals surface area contributed by atoms with Crippen LogP contribution in [0.2, 0.25) is 0 Å². The van der Waals surface area contributed by atoms with Crippen LogP contribution in [0.4, 0.5) is 5.82 Å². The Morgan fingerprint density at radius 2 is 2.11 bits per heavy atom. The first-order valence-corrected chi connectivity index (χ1v) is 8.55. The molecule has 1 aromatic heterocycles. The molecular formula is C11H17BrN4O2S. The number of aromatic nitrogens is 1. The van der Waals surface area contributed by atoms with Crippen molar-refractivity contribution in [3.63, 3.8) is 0 Å². The minimum absolute atomic E-state index is 0.0880. The topological polar surface area (TPSA) is 74.3 Å². The Hall–Kier alpha value is -0.700. The normalized spacial score (nSPS) is 17.3. The highest BCUT2D eigenvalue weighted by Crippen LogP contribution is 2.11. The zero-order valence-corrected chi connectivity index (χ0v) is 12.9. The van der Waals surface area contributed by atoms with Gasteiger partial charge in [0.25, 0.3) is 0 Å². The maximum atomic E-state index is 11.9. The van der Waals surface area contributed by atoms with Gasteiger partial charge < -0.3 is 5.32 Å². The third kappa shape index (κ3) is 5.06. The Morgan fingerprint density at radius 3 is 2.74 bits per heavy atom. The van der Waals surface area contributed by atoms with E-state index in [2.05, 4.69) is 35.9 Å². The second-order valence-electron chi connectivity index (χ2n) is 4.37. The maximum absolute atomic E-state index is 11.9. The highest BCUT2D eigenvalue weighted by Gasteiger charge is 2.15. The van der Waals surface area contributed by atoms with Gasteiger partial charge in [0.2, 0.25) is 10.0 Å². The molecule has 1 aliphatic rings. The highest BCUT2D eigenvalue weighted by molar-refractivity contribution is 9.10. The molecule has 2 heterocycles. The number of halogens is 1. The van der Waals surface area contributed by atoms with Gasteiger partial charge in [0.15, 0.2) is 0 Å². The lowest BCUT2D eigenvalue weighted by atomic mass is 10.4. The van der Waals surface area contributed by atoms with E-state index in [1.54, 1.807) is 18.3 Å². The van der Waals surface area contributed by atoms with Crippen LogP contribution in [0.25, 0.3) is 0 Å². The smallest absolute Gasteiger partial charge is 0.235 e. The summed E-state index contributed by atoms with van der Waals surface area (Å²) in [5.41, 5.74) is 0. The minimum Gasteiger partial charge on any atom is -0.314 e. The number of nitrogens with zero attached hydrogens (tertiary/aromatic N) is 2. The Morgan fingerprint density at radius 1 is 1.37 bits per heavy atom. The molecule has 1 fully saturated rings. The van der Waals surface area contributed by atoms with E-state index in [9.17, 15) is 8.42 Å². The molecule has 0 unspecified atom stereocenters. The van der Waals surface area contributed by atoms with E-state index >= 15 is 0 Å².